The molecule has 1 aliphatic heterocycles. The molecule has 7 nitrogen and oxygen atoms in total. The zero-order valence-electron chi connectivity index (χ0n) is 20.4. The lowest BCUT2D eigenvalue weighted by Crippen LogP contribution is -2.45. The number of ether oxygens (including phenoxy) is 3. The molecule has 0 radical (unpaired) electrons. The molecule has 3 aromatic rings. The molecule has 1 amide bonds. The first kappa shape index (κ1) is 24.6. The van der Waals surface area contributed by atoms with E-state index in [1.807, 2.05) is 54.6 Å². The van der Waals surface area contributed by atoms with Gasteiger partial charge >= 0.3 is 0 Å². The van der Waals surface area contributed by atoms with E-state index in [9.17, 15) is 4.79 Å². The summed E-state index contributed by atoms with van der Waals surface area (Å²) in [7, 11) is 3.73. The summed E-state index contributed by atoms with van der Waals surface area (Å²) in [5.41, 5.74) is 2.29. The Morgan fingerprint density at radius 1 is 0.886 bits per heavy atom. The maximum Gasteiger partial charge on any atom is 0.255 e. The van der Waals surface area contributed by atoms with Crippen LogP contribution in [0.2, 0.25) is 0 Å². The molecule has 0 aliphatic carbocycles. The third-order valence-electron chi connectivity index (χ3n) is 6.05. The van der Waals surface area contributed by atoms with Gasteiger partial charge in [-0.3, -0.25) is 9.69 Å². The monoisotopic (exact) mass is 475 g/mol. The van der Waals surface area contributed by atoms with Gasteiger partial charge < -0.3 is 24.4 Å². The Hall–Kier alpha value is -3.55. The van der Waals surface area contributed by atoms with E-state index in [1.54, 1.807) is 25.3 Å². The largest absolute Gasteiger partial charge is 0.493 e. The minimum Gasteiger partial charge on any atom is -0.493 e. The van der Waals surface area contributed by atoms with E-state index in [0.29, 0.717) is 36.0 Å². The Balaban J connectivity index is 1.28. The first-order valence-electron chi connectivity index (χ1n) is 11.9. The standard InChI is InChI=1S/C28H33N3O4/c1-30-14-16-31(17-15-30)18-19-34-26-13-8-23(20-27(26)33-2)28(32)29-24-9-11-25(12-10-24)35-21-22-6-4-3-5-7-22/h3-13,20H,14-19,21H2,1-2H3,(H,29,32). The second-order valence-corrected chi connectivity index (χ2v) is 8.61. The highest BCUT2D eigenvalue weighted by atomic mass is 16.5. The van der Waals surface area contributed by atoms with Crippen LogP contribution >= 0.6 is 0 Å². The second kappa shape index (κ2) is 12.2. The van der Waals surface area contributed by atoms with Crippen molar-refractivity contribution in [3.63, 3.8) is 0 Å². The van der Waals surface area contributed by atoms with Gasteiger partial charge in [-0.2, -0.15) is 0 Å². The highest BCUT2D eigenvalue weighted by Gasteiger charge is 2.15. The molecule has 1 fully saturated rings. The van der Waals surface area contributed by atoms with Crippen LogP contribution in [0, 0.1) is 0 Å². The molecular formula is C28H33N3O4. The number of hydrogen-bond donors (Lipinski definition) is 1. The Morgan fingerprint density at radius 3 is 2.34 bits per heavy atom. The van der Waals surface area contributed by atoms with Gasteiger partial charge in [0.25, 0.3) is 5.91 Å². The zero-order chi connectivity index (χ0) is 24.5. The number of carbonyl (C=O) groups excluding carboxylic acids is 1. The average molecular weight is 476 g/mol. The van der Waals surface area contributed by atoms with Gasteiger partial charge in [0.1, 0.15) is 19.0 Å². The predicted octanol–water partition coefficient (Wildman–Crippen LogP) is 4.15. The summed E-state index contributed by atoms with van der Waals surface area (Å²) in [6.07, 6.45) is 0. The van der Waals surface area contributed by atoms with E-state index in [4.69, 9.17) is 14.2 Å². The number of rotatable bonds is 10. The number of benzene rings is 3. The minimum absolute atomic E-state index is 0.217. The van der Waals surface area contributed by atoms with Crippen molar-refractivity contribution in [3.05, 3.63) is 83.9 Å². The summed E-state index contributed by atoms with van der Waals surface area (Å²) < 4.78 is 17.2. The molecule has 184 valence electrons. The fraction of sp³-hybridized carbons (Fsp3) is 0.321. The smallest absolute Gasteiger partial charge is 0.255 e. The van der Waals surface area contributed by atoms with Crippen LogP contribution in [0.3, 0.4) is 0 Å². The SMILES string of the molecule is COc1cc(C(=O)Nc2ccc(OCc3ccccc3)cc2)ccc1OCCN1CCN(C)CC1. The minimum atomic E-state index is -0.217. The first-order valence-corrected chi connectivity index (χ1v) is 11.9. The molecule has 0 saturated carbocycles. The number of nitrogens with one attached hydrogen (secondary N) is 1. The predicted molar refractivity (Wildman–Crippen MR) is 138 cm³/mol. The molecule has 1 N–H and O–H groups in total. The molecule has 0 bridgehead atoms. The van der Waals surface area contributed by atoms with Crippen molar-refractivity contribution >= 4 is 11.6 Å². The third-order valence-corrected chi connectivity index (χ3v) is 6.05. The van der Waals surface area contributed by atoms with Gasteiger partial charge in [-0.15, -0.1) is 0 Å². The molecule has 0 spiro atoms. The number of methoxy groups -OCH3 is 1. The number of hydrogen-bond acceptors (Lipinski definition) is 6. The Kier molecular flexibility index (Phi) is 8.59. The van der Waals surface area contributed by atoms with Crippen molar-refractivity contribution in [2.45, 2.75) is 6.61 Å². The van der Waals surface area contributed by atoms with E-state index >= 15 is 0 Å². The molecule has 0 aromatic heterocycles. The number of carbonyl (C=O) groups is 1. The van der Waals surface area contributed by atoms with E-state index in [0.717, 1.165) is 44.0 Å². The molecule has 0 unspecified atom stereocenters. The lowest BCUT2D eigenvalue weighted by atomic mass is 10.1. The second-order valence-electron chi connectivity index (χ2n) is 8.61. The van der Waals surface area contributed by atoms with Gasteiger partial charge in [0.2, 0.25) is 0 Å². The molecule has 35 heavy (non-hydrogen) atoms. The van der Waals surface area contributed by atoms with Crippen LogP contribution in [0.1, 0.15) is 15.9 Å². The summed E-state index contributed by atoms with van der Waals surface area (Å²) in [6.45, 7) is 6.20. The van der Waals surface area contributed by atoms with Crippen molar-refractivity contribution in [3.8, 4) is 17.2 Å². The summed E-state index contributed by atoms with van der Waals surface area (Å²) in [5, 5.41) is 2.92. The summed E-state index contributed by atoms with van der Waals surface area (Å²) in [5.74, 6) is 1.70. The highest BCUT2D eigenvalue weighted by Crippen LogP contribution is 2.28. The summed E-state index contributed by atoms with van der Waals surface area (Å²) in [6, 6.07) is 22.6. The molecule has 7 heteroatoms. The molecular weight excluding hydrogens is 442 g/mol. The fourth-order valence-corrected chi connectivity index (χ4v) is 3.86. The van der Waals surface area contributed by atoms with Gasteiger partial charge in [0, 0.05) is 44.0 Å². The average Bonchev–Trinajstić information content (AvgIpc) is 2.90. The summed E-state index contributed by atoms with van der Waals surface area (Å²) >= 11 is 0. The maximum absolute atomic E-state index is 12.8. The first-order chi connectivity index (χ1) is 17.1. The zero-order valence-corrected chi connectivity index (χ0v) is 20.4. The van der Waals surface area contributed by atoms with Crippen molar-refractivity contribution in [2.75, 3.05) is 58.8 Å². The lowest BCUT2D eigenvalue weighted by molar-refractivity contribution is 0.102. The van der Waals surface area contributed by atoms with Crippen LogP contribution in [0.25, 0.3) is 0 Å². The molecule has 1 heterocycles. The number of piperazine rings is 1. The van der Waals surface area contributed by atoms with Gasteiger partial charge in [0.15, 0.2) is 11.5 Å². The van der Waals surface area contributed by atoms with E-state index in [2.05, 4.69) is 22.2 Å². The summed E-state index contributed by atoms with van der Waals surface area (Å²) in [4.78, 5) is 17.5. The van der Waals surface area contributed by atoms with E-state index < -0.39 is 0 Å². The van der Waals surface area contributed by atoms with Crippen molar-refractivity contribution in [1.82, 2.24) is 9.80 Å². The molecule has 3 aromatic carbocycles. The van der Waals surface area contributed by atoms with Gasteiger partial charge in [-0.05, 0) is 55.1 Å². The molecule has 4 rings (SSSR count). The van der Waals surface area contributed by atoms with Gasteiger partial charge in [0.05, 0.1) is 7.11 Å². The Bertz CT molecular complexity index is 1080. The number of anilines is 1. The topological polar surface area (TPSA) is 63.3 Å². The van der Waals surface area contributed by atoms with E-state index in [-0.39, 0.29) is 5.91 Å². The number of amides is 1. The number of nitrogens with zero attached hydrogens (tertiary/aromatic N) is 2. The lowest BCUT2D eigenvalue weighted by Gasteiger charge is -2.32. The van der Waals surface area contributed by atoms with Gasteiger partial charge in [-0.25, -0.2) is 0 Å². The van der Waals surface area contributed by atoms with E-state index in [1.165, 1.54) is 0 Å². The molecule has 1 aliphatic rings. The Morgan fingerprint density at radius 2 is 1.63 bits per heavy atom. The quantitative estimate of drug-likeness (QED) is 0.475. The van der Waals surface area contributed by atoms with Crippen LogP contribution in [0.15, 0.2) is 72.8 Å². The van der Waals surface area contributed by atoms with Crippen LogP contribution in [-0.4, -0.2) is 69.2 Å². The third kappa shape index (κ3) is 7.21. The molecule has 1 saturated heterocycles. The van der Waals surface area contributed by atoms with Crippen molar-refractivity contribution in [1.29, 1.82) is 0 Å². The fourth-order valence-electron chi connectivity index (χ4n) is 3.86. The van der Waals surface area contributed by atoms with Crippen LogP contribution in [0.4, 0.5) is 5.69 Å². The Labute approximate surface area is 207 Å². The molecule has 0 atom stereocenters. The highest BCUT2D eigenvalue weighted by molar-refractivity contribution is 6.04. The number of likely N-dealkylation sites (N-methyl/N-ethyl adjacent to an activating group) is 1. The van der Waals surface area contributed by atoms with Crippen molar-refractivity contribution < 1.29 is 19.0 Å². The van der Waals surface area contributed by atoms with Crippen LogP contribution in [-0.2, 0) is 6.61 Å². The maximum atomic E-state index is 12.8. The normalized spacial score (nSPS) is 14.3. The van der Waals surface area contributed by atoms with Crippen molar-refractivity contribution in [2.24, 2.45) is 0 Å². The van der Waals surface area contributed by atoms with Crippen LogP contribution < -0.4 is 19.5 Å². The van der Waals surface area contributed by atoms with Crippen LogP contribution in [0.5, 0.6) is 17.2 Å². The van der Waals surface area contributed by atoms with Gasteiger partial charge in [-0.1, -0.05) is 30.3 Å².